The van der Waals surface area contributed by atoms with Gasteiger partial charge in [-0.3, -0.25) is 0 Å². The molecule has 4 heteroatoms. The van der Waals surface area contributed by atoms with E-state index in [9.17, 15) is 4.39 Å². The summed E-state index contributed by atoms with van der Waals surface area (Å²) < 4.78 is 18.2. The molecule has 0 aromatic heterocycles. The molecule has 1 aromatic rings. The maximum atomic E-state index is 13.1. The fourth-order valence-corrected chi connectivity index (χ4v) is 2.01. The van der Waals surface area contributed by atoms with Crippen LogP contribution in [0, 0.1) is 5.82 Å². The Balaban J connectivity index is 2.52. The Kier molecular flexibility index (Phi) is 6.48. The first-order chi connectivity index (χ1) is 8.15. The van der Waals surface area contributed by atoms with Crippen molar-refractivity contribution in [3.8, 4) is 0 Å². The van der Waals surface area contributed by atoms with Crippen molar-refractivity contribution in [1.29, 1.82) is 0 Å². The molecule has 0 saturated heterocycles. The normalized spacial score (nSPS) is 12.7. The van der Waals surface area contributed by atoms with E-state index in [1.807, 2.05) is 0 Å². The monoisotopic (exact) mass is 259 g/mol. The molecule has 0 aliphatic heterocycles. The molecule has 1 rings (SSSR count). The fourth-order valence-electron chi connectivity index (χ4n) is 1.77. The molecule has 0 fully saturated rings. The van der Waals surface area contributed by atoms with E-state index < -0.39 is 0 Å². The van der Waals surface area contributed by atoms with Crippen molar-refractivity contribution in [3.63, 3.8) is 0 Å². The Morgan fingerprint density at radius 1 is 1.41 bits per heavy atom. The third kappa shape index (κ3) is 5.48. The van der Waals surface area contributed by atoms with Crippen molar-refractivity contribution >= 4 is 11.6 Å². The minimum absolute atomic E-state index is 0.298. The van der Waals surface area contributed by atoms with E-state index in [1.165, 1.54) is 12.1 Å². The number of methoxy groups -OCH3 is 1. The fraction of sp³-hybridized carbons (Fsp3) is 0.538. The van der Waals surface area contributed by atoms with Gasteiger partial charge in [-0.15, -0.1) is 0 Å². The van der Waals surface area contributed by atoms with Crippen LogP contribution in [-0.4, -0.2) is 19.8 Å². The highest BCUT2D eigenvalue weighted by Gasteiger charge is 2.07. The molecule has 96 valence electrons. The number of hydrogen-bond acceptors (Lipinski definition) is 2. The number of hydrogen-bond donors (Lipinski definition) is 1. The lowest BCUT2D eigenvalue weighted by molar-refractivity contribution is 0.161. The zero-order chi connectivity index (χ0) is 12.7. The average Bonchev–Trinajstić information content (AvgIpc) is 2.25. The third-order valence-corrected chi connectivity index (χ3v) is 2.74. The van der Waals surface area contributed by atoms with Crippen LogP contribution in [0.2, 0.25) is 5.02 Å². The molecular formula is C13H19ClFNO. The number of nitrogens with one attached hydrogen (secondary N) is 1. The van der Waals surface area contributed by atoms with Gasteiger partial charge in [-0.1, -0.05) is 24.9 Å². The highest BCUT2D eigenvalue weighted by Crippen LogP contribution is 2.14. The molecule has 1 N–H and O–H groups in total. The second kappa shape index (κ2) is 7.64. The van der Waals surface area contributed by atoms with Gasteiger partial charge in [-0.2, -0.15) is 0 Å². The summed E-state index contributed by atoms with van der Waals surface area (Å²) in [5.74, 6) is -0.298. The van der Waals surface area contributed by atoms with Crippen LogP contribution in [0.4, 0.5) is 4.39 Å². The maximum Gasteiger partial charge on any atom is 0.125 e. The topological polar surface area (TPSA) is 21.3 Å². The summed E-state index contributed by atoms with van der Waals surface area (Å²) in [5, 5.41) is 3.77. The first-order valence-electron chi connectivity index (χ1n) is 5.83. The Bertz CT molecular complexity index is 320. The molecule has 0 aliphatic rings. The molecular weight excluding hydrogens is 241 g/mol. The lowest BCUT2D eigenvalue weighted by Crippen LogP contribution is -2.32. The smallest absolute Gasteiger partial charge is 0.125 e. The molecule has 0 heterocycles. The third-order valence-electron chi connectivity index (χ3n) is 2.52. The quantitative estimate of drug-likeness (QED) is 0.811. The van der Waals surface area contributed by atoms with E-state index in [2.05, 4.69) is 12.2 Å². The van der Waals surface area contributed by atoms with E-state index in [0.717, 1.165) is 18.4 Å². The van der Waals surface area contributed by atoms with Gasteiger partial charge < -0.3 is 10.1 Å². The van der Waals surface area contributed by atoms with E-state index >= 15 is 0 Å². The standard InChI is InChI=1S/C13H19ClFNO/c1-3-4-13(9-17-2)16-8-10-5-11(14)7-12(15)6-10/h5-7,13,16H,3-4,8-9H2,1-2H3. The van der Waals surface area contributed by atoms with Crippen LogP contribution in [0.15, 0.2) is 18.2 Å². The van der Waals surface area contributed by atoms with E-state index in [0.29, 0.717) is 24.2 Å². The Labute approximate surface area is 107 Å². The lowest BCUT2D eigenvalue weighted by Gasteiger charge is -2.17. The van der Waals surface area contributed by atoms with Gasteiger partial charge in [-0.25, -0.2) is 4.39 Å². The lowest BCUT2D eigenvalue weighted by atomic mass is 10.1. The molecule has 2 nitrogen and oxygen atoms in total. The Morgan fingerprint density at radius 3 is 2.76 bits per heavy atom. The van der Waals surface area contributed by atoms with E-state index in [-0.39, 0.29) is 5.82 Å². The molecule has 0 amide bonds. The van der Waals surface area contributed by atoms with Gasteiger partial charge in [-0.05, 0) is 30.2 Å². The molecule has 0 bridgehead atoms. The SMILES string of the molecule is CCCC(COC)NCc1cc(F)cc(Cl)c1. The molecule has 1 unspecified atom stereocenters. The second-order valence-electron chi connectivity index (χ2n) is 4.10. The van der Waals surface area contributed by atoms with Crippen molar-refractivity contribution < 1.29 is 9.13 Å². The largest absolute Gasteiger partial charge is 0.383 e. The zero-order valence-corrected chi connectivity index (χ0v) is 11.1. The van der Waals surface area contributed by atoms with Gasteiger partial charge in [0.2, 0.25) is 0 Å². The van der Waals surface area contributed by atoms with Gasteiger partial charge in [0.25, 0.3) is 0 Å². The van der Waals surface area contributed by atoms with Crippen LogP contribution in [-0.2, 0) is 11.3 Å². The van der Waals surface area contributed by atoms with Crippen molar-refractivity contribution in [3.05, 3.63) is 34.6 Å². The van der Waals surface area contributed by atoms with Crippen LogP contribution in [0.1, 0.15) is 25.3 Å². The molecule has 1 atom stereocenters. The van der Waals surface area contributed by atoms with Gasteiger partial charge in [0, 0.05) is 24.7 Å². The predicted octanol–water partition coefficient (Wildman–Crippen LogP) is 3.38. The molecule has 0 spiro atoms. The number of benzene rings is 1. The molecule has 17 heavy (non-hydrogen) atoms. The highest BCUT2D eigenvalue weighted by molar-refractivity contribution is 6.30. The first-order valence-corrected chi connectivity index (χ1v) is 6.20. The average molecular weight is 260 g/mol. The number of ether oxygens (including phenoxy) is 1. The minimum Gasteiger partial charge on any atom is -0.383 e. The van der Waals surface area contributed by atoms with Crippen LogP contribution < -0.4 is 5.32 Å². The summed E-state index contributed by atoms with van der Waals surface area (Å²) in [7, 11) is 1.68. The molecule has 0 aliphatic carbocycles. The van der Waals surface area contributed by atoms with Gasteiger partial charge in [0.1, 0.15) is 5.82 Å². The number of halogens is 2. The summed E-state index contributed by atoms with van der Waals surface area (Å²) in [5.41, 5.74) is 0.854. The molecule has 0 saturated carbocycles. The second-order valence-corrected chi connectivity index (χ2v) is 4.54. The van der Waals surface area contributed by atoms with Gasteiger partial charge >= 0.3 is 0 Å². The maximum absolute atomic E-state index is 13.1. The summed E-state index contributed by atoms with van der Waals surface area (Å²) in [6.45, 7) is 3.39. The van der Waals surface area contributed by atoms with Crippen LogP contribution in [0.3, 0.4) is 0 Å². The summed E-state index contributed by atoms with van der Waals surface area (Å²) >= 11 is 5.80. The molecule has 0 radical (unpaired) electrons. The van der Waals surface area contributed by atoms with Crippen molar-refractivity contribution in [2.45, 2.75) is 32.4 Å². The summed E-state index contributed by atoms with van der Waals surface area (Å²) in [4.78, 5) is 0. The van der Waals surface area contributed by atoms with E-state index in [4.69, 9.17) is 16.3 Å². The van der Waals surface area contributed by atoms with Crippen LogP contribution in [0.5, 0.6) is 0 Å². The zero-order valence-electron chi connectivity index (χ0n) is 10.3. The number of rotatable bonds is 7. The van der Waals surface area contributed by atoms with Crippen molar-refractivity contribution in [2.75, 3.05) is 13.7 Å². The van der Waals surface area contributed by atoms with Crippen LogP contribution >= 0.6 is 11.6 Å². The summed E-state index contributed by atoms with van der Waals surface area (Å²) in [6, 6.07) is 4.87. The summed E-state index contributed by atoms with van der Waals surface area (Å²) in [6.07, 6.45) is 2.13. The van der Waals surface area contributed by atoms with Gasteiger partial charge in [0.15, 0.2) is 0 Å². The Morgan fingerprint density at radius 2 is 2.18 bits per heavy atom. The van der Waals surface area contributed by atoms with Crippen molar-refractivity contribution in [1.82, 2.24) is 5.32 Å². The highest BCUT2D eigenvalue weighted by atomic mass is 35.5. The van der Waals surface area contributed by atoms with E-state index in [1.54, 1.807) is 13.2 Å². The van der Waals surface area contributed by atoms with Crippen molar-refractivity contribution in [2.24, 2.45) is 0 Å². The predicted molar refractivity (Wildman–Crippen MR) is 68.8 cm³/mol. The minimum atomic E-state index is -0.298. The molecule has 1 aromatic carbocycles. The van der Waals surface area contributed by atoms with Gasteiger partial charge in [0.05, 0.1) is 6.61 Å². The Hall–Kier alpha value is -0.640. The first kappa shape index (κ1) is 14.4. The van der Waals surface area contributed by atoms with Crippen LogP contribution in [0.25, 0.3) is 0 Å².